The van der Waals surface area contributed by atoms with Gasteiger partial charge in [-0.25, -0.2) is 4.98 Å². The molecule has 2 N–H and O–H groups in total. The van der Waals surface area contributed by atoms with Gasteiger partial charge in [-0.1, -0.05) is 30.3 Å². The summed E-state index contributed by atoms with van der Waals surface area (Å²) < 4.78 is 7.03. The van der Waals surface area contributed by atoms with Crippen LogP contribution in [0.1, 0.15) is 18.6 Å². The van der Waals surface area contributed by atoms with Gasteiger partial charge in [-0.05, 0) is 24.6 Å². The van der Waals surface area contributed by atoms with Crippen molar-refractivity contribution in [2.24, 2.45) is 0 Å². The first-order valence-electron chi connectivity index (χ1n) is 6.09. The molecule has 0 fully saturated rings. The SMILES string of the molecule is CC(Oc1ccc2scnc2c1N)c1ccccc1. The average molecular weight is 270 g/mol. The number of hydrogen-bond donors (Lipinski definition) is 1. The summed E-state index contributed by atoms with van der Waals surface area (Å²) >= 11 is 1.58. The van der Waals surface area contributed by atoms with Crippen LogP contribution in [0.5, 0.6) is 5.75 Å². The highest BCUT2D eigenvalue weighted by molar-refractivity contribution is 7.16. The second-order valence-corrected chi connectivity index (χ2v) is 5.23. The number of ether oxygens (including phenoxy) is 1. The van der Waals surface area contributed by atoms with E-state index in [0.29, 0.717) is 11.4 Å². The fraction of sp³-hybridized carbons (Fsp3) is 0.133. The molecule has 0 aliphatic rings. The number of rotatable bonds is 3. The van der Waals surface area contributed by atoms with Gasteiger partial charge in [0.25, 0.3) is 0 Å². The molecule has 3 aromatic rings. The van der Waals surface area contributed by atoms with Crippen molar-refractivity contribution in [3.8, 4) is 5.75 Å². The summed E-state index contributed by atoms with van der Waals surface area (Å²) in [7, 11) is 0. The number of nitrogens with zero attached hydrogens (tertiary/aromatic N) is 1. The first kappa shape index (κ1) is 12.0. The van der Waals surface area contributed by atoms with E-state index in [4.69, 9.17) is 10.5 Å². The van der Waals surface area contributed by atoms with Crippen molar-refractivity contribution in [2.45, 2.75) is 13.0 Å². The maximum atomic E-state index is 6.11. The fourth-order valence-electron chi connectivity index (χ4n) is 2.02. The minimum atomic E-state index is -0.0421. The first-order chi connectivity index (χ1) is 9.25. The van der Waals surface area contributed by atoms with Gasteiger partial charge in [0.2, 0.25) is 0 Å². The molecule has 0 bridgehead atoms. The van der Waals surface area contributed by atoms with Crippen LogP contribution in [-0.2, 0) is 0 Å². The van der Waals surface area contributed by atoms with E-state index in [0.717, 1.165) is 15.8 Å². The number of fused-ring (bicyclic) bond motifs is 1. The van der Waals surface area contributed by atoms with Crippen LogP contribution < -0.4 is 10.5 Å². The van der Waals surface area contributed by atoms with E-state index >= 15 is 0 Å². The van der Waals surface area contributed by atoms with Crippen LogP contribution in [0.3, 0.4) is 0 Å². The molecule has 3 nitrogen and oxygen atoms in total. The molecule has 19 heavy (non-hydrogen) atoms. The van der Waals surface area contributed by atoms with Gasteiger partial charge in [-0.15, -0.1) is 11.3 Å². The summed E-state index contributed by atoms with van der Waals surface area (Å²) in [5.41, 5.74) is 10.5. The molecule has 1 atom stereocenters. The predicted octanol–water partition coefficient (Wildman–Crippen LogP) is 4.02. The summed E-state index contributed by atoms with van der Waals surface area (Å²) in [5, 5.41) is 0. The van der Waals surface area contributed by atoms with Crippen LogP contribution in [0.15, 0.2) is 48.0 Å². The molecule has 0 saturated heterocycles. The van der Waals surface area contributed by atoms with E-state index in [1.165, 1.54) is 0 Å². The summed E-state index contributed by atoms with van der Waals surface area (Å²) in [6.07, 6.45) is -0.0421. The third-order valence-electron chi connectivity index (χ3n) is 3.07. The first-order valence-corrected chi connectivity index (χ1v) is 6.97. The molecule has 0 aliphatic heterocycles. The van der Waals surface area contributed by atoms with E-state index in [9.17, 15) is 0 Å². The van der Waals surface area contributed by atoms with Crippen LogP contribution >= 0.6 is 11.3 Å². The normalized spacial score (nSPS) is 12.5. The zero-order chi connectivity index (χ0) is 13.2. The van der Waals surface area contributed by atoms with Crippen molar-refractivity contribution >= 4 is 27.2 Å². The Bertz CT molecular complexity index is 694. The highest BCUT2D eigenvalue weighted by atomic mass is 32.1. The van der Waals surface area contributed by atoms with Gasteiger partial charge in [-0.3, -0.25) is 0 Å². The molecule has 96 valence electrons. The van der Waals surface area contributed by atoms with E-state index in [1.807, 2.05) is 49.4 Å². The molecule has 4 heteroatoms. The molecule has 0 saturated carbocycles. The monoisotopic (exact) mass is 270 g/mol. The summed E-state index contributed by atoms with van der Waals surface area (Å²) in [4.78, 5) is 4.27. The van der Waals surface area contributed by atoms with E-state index in [1.54, 1.807) is 16.8 Å². The molecule has 0 spiro atoms. The maximum absolute atomic E-state index is 6.11. The topological polar surface area (TPSA) is 48.1 Å². The van der Waals surface area contributed by atoms with Crippen molar-refractivity contribution < 1.29 is 4.74 Å². The number of aromatic nitrogens is 1. The van der Waals surface area contributed by atoms with Gasteiger partial charge in [-0.2, -0.15) is 0 Å². The smallest absolute Gasteiger partial charge is 0.145 e. The molecule has 3 rings (SSSR count). The lowest BCUT2D eigenvalue weighted by atomic mass is 10.1. The molecule has 2 aromatic carbocycles. The van der Waals surface area contributed by atoms with Crippen molar-refractivity contribution in [2.75, 3.05) is 5.73 Å². The van der Waals surface area contributed by atoms with Crippen LogP contribution in [-0.4, -0.2) is 4.98 Å². The van der Waals surface area contributed by atoms with E-state index < -0.39 is 0 Å². The Labute approximate surface area is 115 Å². The van der Waals surface area contributed by atoms with Gasteiger partial charge in [0, 0.05) is 0 Å². The van der Waals surface area contributed by atoms with Gasteiger partial charge in [0.15, 0.2) is 0 Å². The Morgan fingerprint density at radius 3 is 2.74 bits per heavy atom. The predicted molar refractivity (Wildman–Crippen MR) is 79.5 cm³/mol. The number of hydrogen-bond acceptors (Lipinski definition) is 4. The highest BCUT2D eigenvalue weighted by Gasteiger charge is 2.12. The molecule has 0 amide bonds. The Kier molecular flexibility index (Phi) is 3.09. The Morgan fingerprint density at radius 2 is 1.95 bits per heavy atom. The molecule has 1 aromatic heterocycles. The lowest BCUT2D eigenvalue weighted by molar-refractivity contribution is 0.228. The number of thiazole rings is 1. The number of nitrogens with two attached hydrogens (primary N) is 1. The summed E-state index contributed by atoms with van der Waals surface area (Å²) in [5.74, 6) is 0.690. The third kappa shape index (κ3) is 2.27. The molecule has 0 aliphatic carbocycles. The number of benzene rings is 2. The minimum absolute atomic E-state index is 0.0421. The van der Waals surface area contributed by atoms with Crippen LogP contribution in [0.25, 0.3) is 10.2 Å². The second-order valence-electron chi connectivity index (χ2n) is 4.35. The Balaban J connectivity index is 1.91. The zero-order valence-corrected chi connectivity index (χ0v) is 11.4. The Morgan fingerprint density at radius 1 is 1.16 bits per heavy atom. The summed E-state index contributed by atoms with van der Waals surface area (Å²) in [6.45, 7) is 2.01. The minimum Gasteiger partial charge on any atom is -0.484 e. The van der Waals surface area contributed by atoms with E-state index in [2.05, 4.69) is 4.98 Å². The second kappa shape index (κ2) is 4.90. The van der Waals surface area contributed by atoms with Gasteiger partial charge in [0.05, 0.1) is 10.2 Å². The van der Waals surface area contributed by atoms with Gasteiger partial charge < -0.3 is 10.5 Å². The van der Waals surface area contributed by atoms with Crippen LogP contribution in [0.2, 0.25) is 0 Å². The standard InChI is InChI=1S/C15H14N2OS/c1-10(11-5-3-2-4-6-11)18-12-7-8-13-15(14(12)16)17-9-19-13/h2-10H,16H2,1H3. The van der Waals surface area contributed by atoms with Crippen LogP contribution in [0, 0.1) is 0 Å². The lowest BCUT2D eigenvalue weighted by Gasteiger charge is -2.16. The number of anilines is 1. The number of nitrogen functional groups attached to an aromatic ring is 1. The zero-order valence-electron chi connectivity index (χ0n) is 10.5. The Hall–Kier alpha value is -2.07. The summed E-state index contributed by atoms with van der Waals surface area (Å²) in [6, 6.07) is 14.0. The van der Waals surface area contributed by atoms with Gasteiger partial charge >= 0.3 is 0 Å². The molecular formula is C15H14N2OS. The third-order valence-corrected chi connectivity index (χ3v) is 3.87. The van der Waals surface area contributed by atoms with Crippen LogP contribution in [0.4, 0.5) is 5.69 Å². The van der Waals surface area contributed by atoms with Crippen molar-refractivity contribution in [1.29, 1.82) is 0 Å². The maximum Gasteiger partial charge on any atom is 0.145 e. The largest absolute Gasteiger partial charge is 0.484 e. The van der Waals surface area contributed by atoms with Gasteiger partial charge in [0.1, 0.15) is 23.1 Å². The quantitative estimate of drug-likeness (QED) is 0.731. The van der Waals surface area contributed by atoms with Crippen molar-refractivity contribution in [3.05, 3.63) is 53.5 Å². The highest BCUT2D eigenvalue weighted by Crippen LogP contribution is 2.34. The molecule has 1 heterocycles. The lowest BCUT2D eigenvalue weighted by Crippen LogP contribution is -2.04. The van der Waals surface area contributed by atoms with E-state index in [-0.39, 0.29) is 6.10 Å². The van der Waals surface area contributed by atoms with Crippen molar-refractivity contribution in [3.63, 3.8) is 0 Å². The average Bonchev–Trinajstić information content (AvgIpc) is 2.92. The molecule has 1 unspecified atom stereocenters. The van der Waals surface area contributed by atoms with Crippen molar-refractivity contribution in [1.82, 2.24) is 4.98 Å². The fourth-order valence-corrected chi connectivity index (χ4v) is 2.71. The molecule has 0 radical (unpaired) electrons. The molecular weight excluding hydrogens is 256 g/mol.